The third kappa shape index (κ3) is 2.93. The van der Waals surface area contributed by atoms with Crippen LogP contribution in [0.3, 0.4) is 0 Å². The molecule has 7 heteroatoms. The Labute approximate surface area is 122 Å². The van der Waals surface area contributed by atoms with Gasteiger partial charge in [-0.25, -0.2) is 13.4 Å². The van der Waals surface area contributed by atoms with Gasteiger partial charge in [0.05, 0.1) is 0 Å². The van der Waals surface area contributed by atoms with Crippen LogP contribution < -0.4 is 5.73 Å². The maximum atomic E-state index is 12.7. The van der Waals surface area contributed by atoms with Gasteiger partial charge in [-0.3, -0.25) is 0 Å². The number of anilines is 1. The van der Waals surface area contributed by atoms with E-state index in [9.17, 15) is 8.42 Å². The molecule has 0 amide bonds. The first-order valence-electron chi connectivity index (χ1n) is 6.39. The molecule has 5 nitrogen and oxygen atoms in total. The second-order valence-electron chi connectivity index (χ2n) is 4.71. The highest BCUT2D eigenvalue weighted by atomic mass is 79.9. The number of nitrogen functional groups attached to an aromatic ring is 1. The summed E-state index contributed by atoms with van der Waals surface area (Å²) in [6.45, 7) is 2.58. The molecule has 1 atom stereocenters. The van der Waals surface area contributed by atoms with E-state index in [-0.39, 0.29) is 16.8 Å². The van der Waals surface area contributed by atoms with Gasteiger partial charge < -0.3 is 5.73 Å². The van der Waals surface area contributed by atoms with Crippen LogP contribution >= 0.6 is 15.9 Å². The summed E-state index contributed by atoms with van der Waals surface area (Å²) in [5.41, 5.74) is 5.73. The number of nitrogens with two attached hydrogens (primary N) is 1. The molecule has 1 aromatic heterocycles. The van der Waals surface area contributed by atoms with Crippen LogP contribution in [0.1, 0.15) is 32.6 Å². The Hall–Kier alpha value is -0.660. The first-order valence-corrected chi connectivity index (χ1v) is 8.63. The maximum Gasteiger partial charge on any atom is 0.247 e. The molecule has 1 aliphatic heterocycles. The van der Waals surface area contributed by atoms with Gasteiger partial charge in [-0.1, -0.05) is 13.3 Å². The van der Waals surface area contributed by atoms with Crippen molar-refractivity contribution in [2.45, 2.75) is 43.5 Å². The molecule has 2 heterocycles. The van der Waals surface area contributed by atoms with Gasteiger partial charge in [0.1, 0.15) is 10.7 Å². The summed E-state index contributed by atoms with van der Waals surface area (Å²) in [5, 5.41) is 0. The lowest BCUT2D eigenvalue weighted by molar-refractivity contribution is 0.246. The molecule has 2 rings (SSSR count). The summed E-state index contributed by atoms with van der Waals surface area (Å²) in [4.78, 5) is 4.01. The van der Waals surface area contributed by atoms with Crippen molar-refractivity contribution in [3.05, 3.63) is 16.7 Å². The molecule has 1 saturated heterocycles. The summed E-state index contributed by atoms with van der Waals surface area (Å²) < 4.78 is 27.6. The molecule has 2 N–H and O–H groups in total. The SMILES string of the molecule is CCC1CCCCN1S(=O)(=O)c1cc(Br)cnc1N. The topological polar surface area (TPSA) is 76.3 Å². The first kappa shape index (κ1) is 14.7. The Bertz CT molecular complexity index is 562. The van der Waals surface area contributed by atoms with E-state index in [1.54, 1.807) is 4.31 Å². The first-order chi connectivity index (χ1) is 8.96. The van der Waals surface area contributed by atoms with E-state index in [4.69, 9.17) is 5.73 Å². The predicted octanol–water partition coefficient (Wildman–Crippen LogP) is 2.38. The fourth-order valence-corrected chi connectivity index (χ4v) is 4.81. The number of aromatic nitrogens is 1. The van der Waals surface area contributed by atoms with Crippen LogP contribution in [0.2, 0.25) is 0 Å². The van der Waals surface area contributed by atoms with Crippen LogP contribution in [0.5, 0.6) is 0 Å². The molecule has 1 aliphatic rings. The Morgan fingerprint density at radius 3 is 2.95 bits per heavy atom. The number of pyridine rings is 1. The van der Waals surface area contributed by atoms with Gasteiger partial charge in [-0.05, 0) is 41.3 Å². The number of sulfonamides is 1. The maximum absolute atomic E-state index is 12.7. The highest BCUT2D eigenvalue weighted by Crippen LogP contribution is 2.30. The smallest absolute Gasteiger partial charge is 0.247 e. The molecule has 1 fully saturated rings. The molecule has 19 heavy (non-hydrogen) atoms. The lowest BCUT2D eigenvalue weighted by atomic mass is 10.0. The average molecular weight is 348 g/mol. The van der Waals surface area contributed by atoms with Crippen molar-refractivity contribution in [3.63, 3.8) is 0 Å². The fraction of sp³-hybridized carbons (Fsp3) is 0.583. The van der Waals surface area contributed by atoms with Crippen LogP contribution in [-0.2, 0) is 10.0 Å². The van der Waals surface area contributed by atoms with Crippen molar-refractivity contribution in [2.24, 2.45) is 0 Å². The monoisotopic (exact) mass is 347 g/mol. The standard InChI is InChI=1S/C12H18BrN3O2S/c1-2-10-5-3-4-6-16(10)19(17,18)11-7-9(13)8-15-12(11)14/h7-8,10H,2-6H2,1H3,(H2,14,15). The number of halogens is 1. The number of piperidine rings is 1. The van der Waals surface area contributed by atoms with E-state index in [1.165, 1.54) is 12.3 Å². The van der Waals surface area contributed by atoms with Gasteiger partial charge in [0.2, 0.25) is 10.0 Å². The average Bonchev–Trinajstić information content (AvgIpc) is 2.41. The minimum absolute atomic E-state index is 0.0589. The summed E-state index contributed by atoms with van der Waals surface area (Å²) in [6.07, 6.45) is 5.22. The number of nitrogens with zero attached hydrogens (tertiary/aromatic N) is 2. The molecule has 1 unspecified atom stereocenters. The van der Waals surface area contributed by atoms with Crippen LogP contribution in [-0.4, -0.2) is 30.3 Å². The summed E-state index contributed by atoms with van der Waals surface area (Å²) >= 11 is 3.24. The second-order valence-corrected chi connectivity index (χ2v) is 7.49. The van der Waals surface area contributed by atoms with E-state index in [2.05, 4.69) is 20.9 Å². The van der Waals surface area contributed by atoms with E-state index in [0.717, 1.165) is 25.7 Å². The molecule has 0 aliphatic carbocycles. The van der Waals surface area contributed by atoms with E-state index in [1.807, 2.05) is 6.92 Å². The zero-order chi connectivity index (χ0) is 14.0. The summed E-state index contributed by atoms with van der Waals surface area (Å²) in [5.74, 6) is 0.0589. The van der Waals surface area contributed by atoms with Gasteiger partial charge in [0.15, 0.2) is 0 Å². The van der Waals surface area contributed by atoms with Crippen LogP contribution in [0.25, 0.3) is 0 Å². The Balaban J connectivity index is 2.43. The highest BCUT2D eigenvalue weighted by molar-refractivity contribution is 9.10. The van der Waals surface area contributed by atoms with Crippen LogP contribution in [0.4, 0.5) is 5.82 Å². The molecule has 0 aromatic carbocycles. The van der Waals surface area contributed by atoms with Gasteiger partial charge in [-0.2, -0.15) is 4.31 Å². The van der Waals surface area contributed by atoms with Crippen LogP contribution in [0, 0.1) is 0 Å². The van der Waals surface area contributed by atoms with Crippen molar-refractivity contribution in [2.75, 3.05) is 12.3 Å². The molecular weight excluding hydrogens is 330 g/mol. The third-order valence-corrected chi connectivity index (χ3v) is 5.89. The summed E-state index contributed by atoms with van der Waals surface area (Å²) in [7, 11) is -3.56. The fourth-order valence-electron chi connectivity index (χ4n) is 2.46. The molecule has 0 radical (unpaired) electrons. The third-order valence-electron chi connectivity index (χ3n) is 3.48. The van der Waals surface area contributed by atoms with Gasteiger partial charge in [-0.15, -0.1) is 0 Å². The van der Waals surface area contributed by atoms with Crippen molar-refractivity contribution >= 4 is 31.8 Å². The van der Waals surface area contributed by atoms with Crippen LogP contribution in [0.15, 0.2) is 21.6 Å². The van der Waals surface area contributed by atoms with Crippen molar-refractivity contribution in [1.29, 1.82) is 0 Å². The minimum atomic E-state index is -3.56. The van der Waals surface area contributed by atoms with E-state index in [0.29, 0.717) is 11.0 Å². The molecular formula is C12H18BrN3O2S. The Morgan fingerprint density at radius 1 is 1.53 bits per heavy atom. The van der Waals surface area contributed by atoms with Gasteiger partial charge >= 0.3 is 0 Å². The zero-order valence-electron chi connectivity index (χ0n) is 10.8. The summed E-state index contributed by atoms with van der Waals surface area (Å²) in [6, 6.07) is 1.59. The van der Waals surface area contributed by atoms with Gasteiger partial charge in [0, 0.05) is 23.3 Å². The van der Waals surface area contributed by atoms with Crippen molar-refractivity contribution in [3.8, 4) is 0 Å². The normalized spacial score (nSPS) is 21.5. The van der Waals surface area contributed by atoms with Crippen molar-refractivity contribution < 1.29 is 8.42 Å². The lowest BCUT2D eigenvalue weighted by Gasteiger charge is -2.34. The van der Waals surface area contributed by atoms with Gasteiger partial charge in [0.25, 0.3) is 0 Å². The zero-order valence-corrected chi connectivity index (χ0v) is 13.2. The van der Waals surface area contributed by atoms with E-state index < -0.39 is 10.0 Å². The Morgan fingerprint density at radius 2 is 2.26 bits per heavy atom. The minimum Gasteiger partial charge on any atom is -0.383 e. The lowest BCUT2D eigenvalue weighted by Crippen LogP contribution is -2.43. The Kier molecular flexibility index (Phi) is 4.47. The number of rotatable bonds is 3. The molecule has 0 saturated carbocycles. The van der Waals surface area contributed by atoms with Crippen molar-refractivity contribution in [1.82, 2.24) is 9.29 Å². The molecule has 0 spiro atoms. The molecule has 0 bridgehead atoms. The molecule has 106 valence electrons. The highest BCUT2D eigenvalue weighted by Gasteiger charge is 2.34. The quantitative estimate of drug-likeness (QED) is 0.910. The largest absolute Gasteiger partial charge is 0.383 e. The predicted molar refractivity (Wildman–Crippen MR) is 78.2 cm³/mol. The number of hydrogen-bond donors (Lipinski definition) is 1. The second kappa shape index (κ2) is 5.76. The molecule has 1 aromatic rings. The van der Waals surface area contributed by atoms with E-state index >= 15 is 0 Å². The number of hydrogen-bond acceptors (Lipinski definition) is 4.